The lowest BCUT2D eigenvalue weighted by Crippen LogP contribution is -2.54. The van der Waals surface area contributed by atoms with Crippen molar-refractivity contribution >= 4 is 18.9 Å². The molecular weight excluding hydrogens is 359 g/mol. The van der Waals surface area contributed by atoms with Crippen LogP contribution < -0.4 is 10.6 Å². The molecule has 1 aliphatic rings. The minimum atomic E-state index is -1.68. The van der Waals surface area contributed by atoms with E-state index in [1.165, 1.54) is 18.6 Å². The fourth-order valence-corrected chi connectivity index (χ4v) is 2.96. The Bertz CT molecular complexity index is 722. The van der Waals surface area contributed by atoms with Gasteiger partial charge in [-0.15, -0.1) is 0 Å². The summed E-state index contributed by atoms with van der Waals surface area (Å²) in [5.41, 5.74) is 1.05. The van der Waals surface area contributed by atoms with Crippen LogP contribution in [0.25, 0.3) is 0 Å². The van der Waals surface area contributed by atoms with Crippen LogP contribution in [-0.2, 0) is 4.79 Å². The van der Waals surface area contributed by atoms with E-state index in [0.717, 1.165) is 18.4 Å². The third kappa shape index (κ3) is 6.90. The van der Waals surface area contributed by atoms with Gasteiger partial charge in [0.25, 0.3) is 5.91 Å². The van der Waals surface area contributed by atoms with Crippen molar-refractivity contribution in [1.29, 1.82) is 0 Å². The van der Waals surface area contributed by atoms with Gasteiger partial charge in [0, 0.05) is 18.8 Å². The molecule has 0 spiro atoms. The Hall–Kier alpha value is -2.52. The molecule has 1 heterocycles. The molecule has 0 fully saturated rings. The molecule has 4 N–H and O–H groups in total. The highest BCUT2D eigenvalue weighted by Gasteiger charge is 2.30. The third-order valence-electron chi connectivity index (χ3n) is 4.34. The van der Waals surface area contributed by atoms with E-state index >= 15 is 0 Å². The number of allylic oxidation sites excluding steroid dienone is 3. The fourth-order valence-electron chi connectivity index (χ4n) is 2.96. The first kappa shape index (κ1) is 21.8. The highest BCUT2D eigenvalue weighted by atomic mass is 16.4. The summed E-state index contributed by atoms with van der Waals surface area (Å²) >= 11 is 0. The minimum Gasteiger partial charge on any atom is -0.426 e. The van der Waals surface area contributed by atoms with E-state index in [0.29, 0.717) is 12.8 Å². The van der Waals surface area contributed by atoms with Crippen molar-refractivity contribution in [2.75, 3.05) is 0 Å². The molecule has 28 heavy (non-hydrogen) atoms. The quantitative estimate of drug-likeness (QED) is 0.465. The summed E-state index contributed by atoms with van der Waals surface area (Å²) in [7, 11) is -1.68. The van der Waals surface area contributed by atoms with Gasteiger partial charge in [0.15, 0.2) is 0 Å². The standard InChI is InChI=1S/C19H27BN4O4/c1-13(2)10-17(20(27)28)24-18(25)15(11-14-6-4-3-5-7-14)23-19(26)16-12-21-8-9-22-16/h4,6-9,12-13,15,17,27-28H,3,5,10-11H2,1-2H3,(H,23,26)(H,24,25). The smallest absolute Gasteiger partial charge is 0.426 e. The first-order valence-corrected chi connectivity index (χ1v) is 9.45. The average molecular weight is 386 g/mol. The molecule has 1 aromatic rings. The van der Waals surface area contributed by atoms with Gasteiger partial charge in [0.05, 0.1) is 12.1 Å². The molecule has 0 saturated carbocycles. The number of aromatic nitrogens is 2. The van der Waals surface area contributed by atoms with Gasteiger partial charge >= 0.3 is 7.12 Å². The first-order valence-electron chi connectivity index (χ1n) is 9.45. The molecule has 0 aliphatic heterocycles. The Morgan fingerprint density at radius 1 is 1.21 bits per heavy atom. The van der Waals surface area contributed by atoms with E-state index in [9.17, 15) is 19.6 Å². The van der Waals surface area contributed by atoms with E-state index in [2.05, 4.69) is 20.6 Å². The number of nitrogens with zero attached hydrogens (tertiary/aromatic N) is 2. The largest absolute Gasteiger partial charge is 0.475 e. The molecule has 2 unspecified atom stereocenters. The van der Waals surface area contributed by atoms with Crippen LogP contribution in [0.5, 0.6) is 0 Å². The van der Waals surface area contributed by atoms with Gasteiger partial charge < -0.3 is 20.7 Å². The van der Waals surface area contributed by atoms with Gasteiger partial charge in [-0.05, 0) is 30.8 Å². The molecule has 2 rings (SSSR count). The minimum absolute atomic E-state index is 0.106. The summed E-state index contributed by atoms with van der Waals surface area (Å²) in [6.45, 7) is 3.85. The van der Waals surface area contributed by atoms with Crippen molar-refractivity contribution in [3.63, 3.8) is 0 Å². The Morgan fingerprint density at radius 3 is 2.57 bits per heavy atom. The highest BCUT2D eigenvalue weighted by molar-refractivity contribution is 6.43. The number of rotatable bonds is 9. The summed E-state index contributed by atoms with van der Waals surface area (Å²) < 4.78 is 0. The second kappa shape index (κ2) is 10.7. The van der Waals surface area contributed by atoms with Crippen molar-refractivity contribution < 1.29 is 19.6 Å². The predicted octanol–water partition coefficient (Wildman–Crippen LogP) is 0.784. The van der Waals surface area contributed by atoms with E-state index in [1.807, 2.05) is 32.1 Å². The van der Waals surface area contributed by atoms with E-state index in [4.69, 9.17) is 0 Å². The molecule has 1 aliphatic carbocycles. The van der Waals surface area contributed by atoms with Crippen LogP contribution in [0.3, 0.4) is 0 Å². The van der Waals surface area contributed by atoms with E-state index in [-0.39, 0.29) is 11.6 Å². The first-order chi connectivity index (χ1) is 13.4. The molecule has 0 radical (unpaired) electrons. The van der Waals surface area contributed by atoms with E-state index in [1.54, 1.807) is 0 Å². The maximum absolute atomic E-state index is 12.8. The van der Waals surface area contributed by atoms with Crippen LogP contribution in [-0.4, -0.2) is 50.9 Å². The second-order valence-electron chi connectivity index (χ2n) is 7.24. The van der Waals surface area contributed by atoms with Gasteiger partial charge in [-0.1, -0.05) is 32.1 Å². The average Bonchev–Trinajstić information content (AvgIpc) is 2.68. The highest BCUT2D eigenvalue weighted by Crippen LogP contribution is 2.16. The zero-order chi connectivity index (χ0) is 20.5. The van der Waals surface area contributed by atoms with Gasteiger partial charge in [-0.2, -0.15) is 0 Å². The molecular formula is C19H27BN4O4. The second-order valence-corrected chi connectivity index (χ2v) is 7.24. The summed E-state index contributed by atoms with van der Waals surface area (Å²) in [5, 5.41) is 24.5. The molecule has 0 saturated heterocycles. The van der Waals surface area contributed by atoms with Gasteiger partial charge in [0.1, 0.15) is 11.7 Å². The third-order valence-corrected chi connectivity index (χ3v) is 4.34. The van der Waals surface area contributed by atoms with Gasteiger partial charge in [-0.3, -0.25) is 14.6 Å². The summed E-state index contributed by atoms with van der Waals surface area (Å²) in [4.78, 5) is 33.1. The van der Waals surface area contributed by atoms with Crippen LogP contribution >= 0.6 is 0 Å². The van der Waals surface area contributed by atoms with Crippen molar-refractivity contribution in [3.05, 3.63) is 48.1 Å². The monoisotopic (exact) mass is 386 g/mol. The number of nitrogens with one attached hydrogen (secondary N) is 2. The van der Waals surface area contributed by atoms with Crippen molar-refractivity contribution in [2.45, 2.75) is 51.5 Å². The van der Waals surface area contributed by atoms with Crippen molar-refractivity contribution in [1.82, 2.24) is 20.6 Å². The number of hydrogen-bond acceptors (Lipinski definition) is 6. The van der Waals surface area contributed by atoms with Gasteiger partial charge in [0.2, 0.25) is 5.91 Å². The normalized spacial score (nSPS) is 15.5. The van der Waals surface area contributed by atoms with Crippen LogP contribution in [0.4, 0.5) is 0 Å². The summed E-state index contributed by atoms with van der Waals surface area (Å²) in [5.74, 6) is -1.66. The number of hydrogen-bond donors (Lipinski definition) is 4. The Labute approximate surface area is 165 Å². The Balaban J connectivity index is 2.14. The number of amides is 2. The zero-order valence-electron chi connectivity index (χ0n) is 16.2. The van der Waals surface area contributed by atoms with Gasteiger partial charge in [-0.25, -0.2) is 4.98 Å². The number of carbonyl (C=O) groups is 2. The maximum atomic E-state index is 12.8. The fraction of sp³-hybridized carbons (Fsp3) is 0.474. The summed E-state index contributed by atoms with van der Waals surface area (Å²) in [6, 6.07) is -0.878. The molecule has 1 aromatic heterocycles. The topological polar surface area (TPSA) is 124 Å². The lowest BCUT2D eigenvalue weighted by atomic mass is 9.75. The SMILES string of the molecule is CC(C)CC(NC(=O)C(CC1=CCCC=C1)NC(=O)c1cnccn1)B(O)O. The van der Waals surface area contributed by atoms with Crippen LogP contribution in [0.15, 0.2) is 42.4 Å². The molecule has 2 amide bonds. The lowest BCUT2D eigenvalue weighted by Gasteiger charge is -2.24. The molecule has 0 aromatic carbocycles. The van der Waals surface area contributed by atoms with Crippen molar-refractivity contribution in [3.8, 4) is 0 Å². The maximum Gasteiger partial charge on any atom is 0.475 e. The van der Waals surface area contributed by atoms with Crippen LogP contribution in [0.2, 0.25) is 0 Å². The molecule has 150 valence electrons. The Kier molecular flexibility index (Phi) is 8.34. The molecule has 0 bridgehead atoms. The number of carbonyl (C=O) groups excluding carboxylic acids is 2. The molecule has 8 nitrogen and oxygen atoms in total. The lowest BCUT2D eigenvalue weighted by molar-refractivity contribution is -0.123. The van der Waals surface area contributed by atoms with E-state index < -0.39 is 30.9 Å². The Morgan fingerprint density at radius 2 is 2.00 bits per heavy atom. The van der Waals surface area contributed by atoms with Crippen LogP contribution in [0, 0.1) is 5.92 Å². The predicted molar refractivity (Wildman–Crippen MR) is 106 cm³/mol. The summed E-state index contributed by atoms with van der Waals surface area (Å²) in [6.07, 6.45) is 12.7. The molecule has 2 atom stereocenters. The van der Waals surface area contributed by atoms with Crippen molar-refractivity contribution in [2.24, 2.45) is 5.92 Å². The zero-order valence-corrected chi connectivity index (χ0v) is 16.2. The molecule has 9 heteroatoms. The van der Waals surface area contributed by atoms with Crippen LogP contribution in [0.1, 0.15) is 50.0 Å².